The van der Waals surface area contributed by atoms with E-state index in [0.29, 0.717) is 17.4 Å². The third-order valence-electron chi connectivity index (χ3n) is 3.77. The first-order valence-corrected chi connectivity index (χ1v) is 4.81. The summed E-state index contributed by atoms with van der Waals surface area (Å²) in [4.78, 5) is 0. The Morgan fingerprint density at radius 1 is 1.50 bits per heavy atom. The van der Waals surface area contributed by atoms with Crippen LogP contribution in [0, 0.1) is 17.3 Å². The minimum absolute atomic E-state index is 0.308. The molecule has 1 aliphatic carbocycles. The fourth-order valence-electron chi connectivity index (χ4n) is 2.12. The van der Waals surface area contributed by atoms with Crippen LogP contribution >= 0.6 is 0 Å². The normalized spacial score (nSPS) is 32.4. The van der Waals surface area contributed by atoms with Crippen LogP contribution in [0.2, 0.25) is 0 Å². The Hall–Kier alpha value is -0.300. The largest absolute Gasteiger partial charge is 0.328 e. The zero-order valence-corrected chi connectivity index (χ0v) is 8.72. The summed E-state index contributed by atoms with van der Waals surface area (Å²) < 4.78 is 0. The maximum Gasteiger partial charge on any atom is 0.00392 e. The molecular weight excluding hydrogens is 146 g/mol. The summed E-state index contributed by atoms with van der Waals surface area (Å²) in [7, 11) is 0. The molecule has 0 saturated heterocycles. The van der Waals surface area contributed by atoms with Crippen LogP contribution in [0.5, 0.6) is 0 Å². The Kier molecular flexibility index (Phi) is 2.35. The van der Waals surface area contributed by atoms with E-state index in [1.165, 1.54) is 12.0 Å². The Labute approximate surface area is 76.0 Å². The van der Waals surface area contributed by atoms with Crippen molar-refractivity contribution in [3.63, 3.8) is 0 Å². The topological polar surface area (TPSA) is 26.0 Å². The molecule has 12 heavy (non-hydrogen) atoms. The van der Waals surface area contributed by atoms with Gasteiger partial charge in [0.2, 0.25) is 0 Å². The summed E-state index contributed by atoms with van der Waals surface area (Å²) in [5, 5.41) is 0. The first-order chi connectivity index (χ1) is 5.37. The zero-order valence-electron chi connectivity index (χ0n) is 8.72. The molecule has 70 valence electrons. The number of hydrogen-bond donors (Lipinski definition) is 1. The summed E-state index contributed by atoms with van der Waals surface area (Å²) in [6.07, 6.45) is 1.18. The molecule has 1 fully saturated rings. The molecule has 0 aliphatic heterocycles. The predicted octanol–water partition coefficient (Wildman–Crippen LogP) is 2.57. The lowest BCUT2D eigenvalue weighted by Crippen LogP contribution is -2.46. The summed E-state index contributed by atoms with van der Waals surface area (Å²) in [5.74, 6) is 1.36. The van der Waals surface area contributed by atoms with Crippen LogP contribution in [0.3, 0.4) is 0 Å². The Bertz CT molecular complexity index is 191. The molecular formula is C11H21N. The first kappa shape index (κ1) is 9.79. The van der Waals surface area contributed by atoms with Crippen molar-refractivity contribution in [2.45, 2.75) is 40.2 Å². The van der Waals surface area contributed by atoms with Gasteiger partial charge >= 0.3 is 0 Å². The average molecular weight is 167 g/mol. The van der Waals surface area contributed by atoms with Crippen molar-refractivity contribution in [2.75, 3.05) is 0 Å². The molecule has 0 amide bonds. The molecule has 0 aromatic carbocycles. The molecule has 1 aliphatic rings. The van der Waals surface area contributed by atoms with Crippen LogP contribution in [-0.4, -0.2) is 6.04 Å². The fraction of sp³-hybridized carbons (Fsp3) is 0.818. The molecule has 0 aromatic heterocycles. The van der Waals surface area contributed by atoms with Gasteiger partial charge in [-0.2, -0.15) is 0 Å². The van der Waals surface area contributed by atoms with Gasteiger partial charge in [0.25, 0.3) is 0 Å². The van der Waals surface area contributed by atoms with Gasteiger partial charge < -0.3 is 5.73 Å². The average Bonchev–Trinajstić information content (AvgIpc) is 1.98. The second-order valence-electron chi connectivity index (χ2n) is 4.85. The van der Waals surface area contributed by atoms with E-state index in [2.05, 4.69) is 34.3 Å². The van der Waals surface area contributed by atoms with E-state index in [4.69, 9.17) is 5.73 Å². The summed E-state index contributed by atoms with van der Waals surface area (Å²) >= 11 is 0. The summed E-state index contributed by atoms with van der Waals surface area (Å²) in [5.41, 5.74) is 7.60. The van der Waals surface area contributed by atoms with Gasteiger partial charge in [0.1, 0.15) is 0 Å². The van der Waals surface area contributed by atoms with Gasteiger partial charge in [-0.25, -0.2) is 0 Å². The van der Waals surface area contributed by atoms with Crippen molar-refractivity contribution in [3.8, 4) is 0 Å². The third kappa shape index (κ3) is 1.31. The van der Waals surface area contributed by atoms with E-state index < -0.39 is 0 Å². The van der Waals surface area contributed by atoms with Crippen LogP contribution in [0.4, 0.5) is 0 Å². The monoisotopic (exact) mass is 167 g/mol. The fourth-order valence-corrected chi connectivity index (χ4v) is 2.12. The standard InChI is InChI=1S/C11H21N/c1-7-6-10(11(7,4)5)8(2)9(3)12/h8-10H,1,6,12H2,2-5H3. The lowest BCUT2D eigenvalue weighted by molar-refractivity contribution is 0.0940. The molecule has 0 radical (unpaired) electrons. The summed E-state index contributed by atoms with van der Waals surface area (Å²) in [6.45, 7) is 13.0. The van der Waals surface area contributed by atoms with Crippen LogP contribution in [0.1, 0.15) is 34.1 Å². The second-order valence-corrected chi connectivity index (χ2v) is 4.85. The smallest absolute Gasteiger partial charge is 0.00392 e. The van der Waals surface area contributed by atoms with Crippen molar-refractivity contribution in [1.82, 2.24) is 0 Å². The number of rotatable bonds is 2. The van der Waals surface area contributed by atoms with Crippen molar-refractivity contribution < 1.29 is 0 Å². The van der Waals surface area contributed by atoms with Crippen LogP contribution in [0.15, 0.2) is 12.2 Å². The molecule has 1 rings (SSSR count). The molecule has 1 saturated carbocycles. The minimum atomic E-state index is 0.308. The highest BCUT2D eigenvalue weighted by molar-refractivity contribution is 5.21. The van der Waals surface area contributed by atoms with Gasteiger partial charge in [0.15, 0.2) is 0 Å². The van der Waals surface area contributed by atoms with Gasteiger partial charge in [-0.05, 0) is 30.6 Å². The number of hydrogen-bond acceptors (Lipinski definition) is 1. The first-order valence-electron chi connectivity index (χ1n) is 4.81. The number of nitrogens with two attached hydrogens (primary N) is 1. The van der Waals surface area contributed by atoms with E-state index in [1.54, 1.807) is 0 Å². The third-order valence-corrected chi connectivity index (χ3v) is 3.77. The van der Waals surface area contributed by atoms with Crippen LogP contribution in [-0.2, 0) is 0 Å². The van der Waals surface area contributed by atoms with Gasteiger partial charge in [0.05, 0.1) is 0 Å². The molecule has 0 spiro atoms. The predicted molar refractivity (Wildman–Crippen MR) is 53.8 cm³/mol. The van der Waals surface area contributed by atoms with Crippen molar-refractivity contribution in [1.29, 1.82) is 0 Å². The van der Waals surface area contributed by atoms with E-state index in [-0.39, 0.29) is 0 Å². The summed E-state index contributed by atoms with van der Waals surface area (Å²) in [6, 6.07) is 0.308. The van der Waals surface area contributed by atoms with Gasteiger partial charge in [-0.3, -0.25) is 0 Å². The molecule has 2 N–H and O–H groups in total. The Morgan fingerprint density at radius 3 is 2.25 bits per heavy atom. The molecule has 3 atom stereocenters. The molecule has 0 bridgehead atoms. The van der Waals surface area contributed by atoms with E-state index in [1.807, 2.05) is 0 Å². The van der Waals surface area contributed by atoms with Crippen LogP contribution < -0.4 is 5.73 Å². The highest BCUT2D eigenvalue weighted by Gasteiger charge is 2.45. The maximum absolute atomic E-state index is 5.88. The molecule has 3 unspecified atom stereocenters. The SMILES string of the molecule is C=C1CC(C(C)C(C)N)C1(C)C. The van der Waals surface area contributed by atoms with Crippen molar-refractivity contribution >= 4 is 0 Å². The quantitative estimate of drug-likeness (QED) is 0.628. The molecule has 0 heterocycles. The molecule has 1 heteroatoms. The minimum Gasteiger partial charge on any atom is -0.328 e. The lowest BCUT2D eigenvalue weighted by atomic mass is 9.54. The Morgan fingerprint density at radius 2 is 2.00 bits per heavy atom. The van der Waals surface area contributed by atoms with Gasteiger partial charge in [-0.1, -0.05) is 32.9 Å². The van der Waals surface area contributed by atoms with Gasteiger partial charge in [0, 0.05) is 6.04 Å². The maximum atomic E-state index is 5.88. The van der Waals surface area contributed by atoms with Gasteiger partial charge in [-0.15, -0.1) is 0 Å². The highest BCUT2D eigenvalue weighted by Crippen LogP contribution is 2.53. The van der Waals surface area contributed by atoms with E-state index in [9.17, 15) is 0 Å². The number of allylic oxidation sites excluding steroid dienone is 1. The van der Waals surface area contributed by atoms with Crippen molar-refractivity contribution in [2.24, 2.45) is 23.0 Å². The Balaban J connectivity index is 2.63. The second kappa shape index (κ2) is 2.88. The van der Waals surface area contributed by atoms with Crippen molar-refractivity contribution in [3.05, 3.63) is 12.2 Å². The lowest BCUT2D eigenvalue weighted by Gasteiger charge is -2.51. The zero-order chi connectivity index (χ0) is 9.52. The van der Waals surface area contributed by atoms with E-state index >= 15 is 0 Å². The van der Waals surface area contributed by atoms with Crippen LogP contribution in [0.25, 0.3) is 0 Å². The molecule has 1 nitrogen and oxygen atoms in total. The molecule has 0 aromatic rings. The van der Waals surface area contributed by atoms with E-state index in [0.717, 1.165) is 5.92 Å². The highest BCUT2D eigenvalue weighted by atomic mass is 14.7.